The summed E-state index contributed by atoms with van der Waals surface area (Å²) in [6.45, 7) is 1.99. The third-order valence-electron chi connectivity index (χ3n) is 2.45. The standard InChI is InChI=1S/C12H14N4O2/c1-3-9-4-8(5-11(13-2)15-9)12(17)16-10-6-14-18-7-10/h4-7H,3H2,1-2H3,(H,13,15)(H,16,17). The molecule has 2 heterocycles. The van der Waals surface area contributed by atoms with Gasteiger partial charge in [-0.05, 0) is 18.6 Å². The molecule has 6 nitrogen and oxygen atoms in total. The topological polar surface area (TPSA) is 80.0 Å². The second kappa shape index (κ2) is 5.31. The Hall–Kier alpha value is -2.37. The summed E-state index contributed by atoms with van der Waals surface area (Å²) in [4.78, 5) is 16.3. The lowest BCUT2D eigenvalue weighted by Gasteiger charge is -2.07. The van der Waals surface area contributed by atoms with E-state index in [4.69, 9.17) is 0 Å². The second-order valence-electron chi connectivity index (χ2n) is 3.70. The van der Waals surface area contributed by atoms with Gasteiger partial charge in [0, 0.05) is 18.3 Å². The quantitative estimate of drug-likeness (QED) is 0.861. The summed E-state index contributed by atoms with van der Waals surface area (Å²) in [7, 11) is 1.77. The first-order valence-electron chi connectivity index (χ1n) is 5.62. The monoisotopic (exact) mass is 246 g/mol. The summed E-state index contributed by atoms with van der Waals surface area (Å²) in [5.74, 6) is 0.455. The Balaban J connectivity index is 2.23. The molecule has 2 aromatic rings. The number of hydrogen-bond donors (Lipinski definition) is 2. The molecular formula is C12H14N4O2. The summed E-state index contributed by atoms with van der Waals surface area (Å²) >= 11 is 0. The number of carbonyl (C=O) groups is 1. The van der Waals surface area contributed by atoms with E-state index in [-0.39, 0.29) is 5.91 Å². The Labute approximate surface area is 104 Å². The Kier molecular flexibility index (Phi) is 3.57. The van der Waals surface area contributed by atoms with Crippen LogP contribution in [0.1, 0.15) is 23.0 Å². The highest BCUT2D eigenvalue weighted by atomic mass is 16.5. The fourth-order valence-corrected chi connectivity index (χ4v) is 1.50. The number of carbonyl (C=O) groups excluding carboxylic acids is 1. The number of anilines is 2. The van der Waals surface area contributed by atoms with Crippen molar-refractivity contribution in [1.29, 1.82) is 0 Å². The summed E-state index contributed by atoms with van der Waals surface area (Å²) in [6.07, 6.45) is 3.58. The summed E-state index contributed by atoms with van der Waals surface area (Å²) in [6, 6.07) is 3.46. The smallest absolute Gasteiger partial charge is 0.255 e. The maximum absolute atomic E-state index is 12.0. The van der Waals surface area contributed by atoms with Gasteiger partial charge in [0.15, 0.2) is 0 Å². The molecule has 0 radical (unpaired) electrons. The minimum Gasteiger partial charge on any atom is -0.373 e. The zero-order valence-electron chi connectivity index (χ0n) is 10.2. The molecule has 94 valence electrons. The van der Waals surface area contributed by atoms with Crippen LogP contribution in [-0.2, 0) is 6.42 Å². The van der Waals surface area contributed by atoms with Crippen LogP contribution in [0.3, 0.4) is 0 Å². The van der Waals surface area contributed by atoms with Crippen LogP contribution in [0, 0.1) is 0 Å². The molecule has 0 bridgehead atoms. The van der Waals surface area contributed by atoms with E-state index in [0.29, 0.717) is 17.1 Å². The molecule has 0 fully saturated rings. The lowest BCUT2D eigenvalue weighted by atomic mass is 10.2. The van der Waals surface area contributed by atoms with Gasteiger partial charge in [-0.1, -0.05) is 12.1 Å². The van der Waals surface area contributed by atoms with Crippen LogP contribution < -0.4 is 10.6 Å². The number of pyridine rings is 1. The number of nitrogens with zero attached hydrogens (tertiary/aromatic N) is 2. The highest BCUT2D eigenvalue weighted by molar-refractivity contribution is 6.04. The van der Waals surface area contributed by atoms with Crippen molar-refractivity contribution >= 4 is 17.4 Å². The zero-order chi connectivity index (χ0) is 13.0. The van der Waals surface area contributed by atoms with Gasteiger partial charge < -0.3 is 15.2 Å². The molecule has 0 unspecified atom stereocenters. The highest BCUT2D eigenvalue weighted by Gasteiger charge is 2.10. The summed E-state index contributed by atoms with van der Waals surface area (Å²) in [5.41, 5.74) is 1.94. The second-order valence-corrected chi connectivity index (χ2v) is 3.70. The average molecular weight is 246 g/mol. The third kappa shape index (κ3) is 2.65. The van der Waals surface area contributed by atoms with Gasteiger partial charge in [0.2, 0.25) is 0 Å². The van der Waals surface area contributed by atoms with Crippen LogP contribution in [0.2, 0.25) is 0 Å². The lowest BCUT2D eigenvalue weighted by Crippen LogP contribution is -2.13. The Morgan fingerprint density at radius 3 is 2.89 bits per heavy atom. The van der Waals surface area contributed by atoms with Gasteiger partial charge in [-0.15, -0.1) is 0 Å². The van der Waals surface area contributed by atoms with Crippen molar-refractivity contribution in [2.45, 2.75) is 13.3 Å². The van der Waals surface area contributed by atoms with Crippen molar-refractivity contribution in [1.82, 2.24) is 10.1 Å². The van der Waals surface area contributed by atoms with E-state index < -0.39 is 0 Å². The molecule has 0 spiro atoms. The van der Waals surface area contributed by atoms with Crippen LogP contribution >= 0.6 is 0 Å². The predicted octanol–water partition coefficient (Wildman–Crippen LogP) is 1.93. The molecule has 0 atom stereocenters. The molecule has 0 saturated carbocycles. The van der Waals surface area contributed by atoms with E-state index in [1.165, 1.54) is 12.5 Å². The Morgan fingerprint density at radius 1 is 1.44 bits per heavy atom. The molecule has 6 heteroatoms. The number of nitrogens with one attached hydrogen (secondary N) is 2. The van der Waals surface area contributed by atoms with E-state index >= 15 is 0 Å². The van der Waals surface area contributed by atoms with Gasteiger partial charge in [0.1, 0.15) is 17.8 Å². The molecule has 1 amide bonds. The van der Waals surface area contributed by atoms with E-state index in [0.717, 1.165) is 12.1 Å². The maximum Gasteiger partial charge on any atom is 0.255 e. The molecule has 2 aromatic heterocycles. The molecule has 0 aliphatic heterocycles. The van der Waals surface area contributed by atoms with Gasteiger partial charge in [0.25, 0.3) is 5.91 Å². The van der Waals surface area contributed by atoms with Crippen LogP contribution in [0.5, 0.6) is 0 Å². The number of hydrogen-bond acceptors (Lipinski definition) is 5. The highest BCUT2D eigenvalue weighted by Crippen LogP contribution is 2.13. The maximum atomic E-state index is 12.0. The zero-order valence-corrected chi connectivity index (χ0v) is 10.2. The van der Waals surface area contributed by atoms with Crippen molar-refractivity contribution in [3.63, 3.8) is 0 Å². The first-order valence-corrected chi connectivity index (χ1v) is 5.62. The van der Waals surface area contributed by atoms with Crippen molar-refractivity contribution in [3.8, 4) is 0 Å². The number of rotatable bonds is 4. The molecule has 0 saturated heterocycles. The average Bonchev–Trinajstić information content (AvgIpc) is 2.90. The van der Waals surface area contributed by atoms with Gasteiger partial charge >= 0.3 is 0 Å². The van der Waals surface area contributed by atoms with Gasteiger partial charge in [-0.2, -0.15) is 0 Å². The fraction of sp³-hybridized carbons (Fsp3) is 0.250. The van der Waals surface area contributed by atoms with Crippen LogP contribution in [0.25, 0.3) is 0 Å². The van der Waals surface area contributed by atoms with E-state index in [2.05, 4.69) is 25.3 Å². The summed E-state index contributed by atoms with van der Waals surface area (Å²) < 4.78 is 4.65. The van der Waals surface area contributed by atoms with E-state index in [9.17, 15) is 4.79 Å². The minimum absolute atomic E-state index is 0.216. The molecule has 2 rings (SSSR count). The first-order chi connectivity index (χ1) is 8.72. The van der Waals surface area contributed by atoms with Crippen LogP contribution in [0.15, 0.2) is 29.1 Å². The minimum atomic E-state index is -0.216. The van der Waals surface area contributed by atoms with E-state index in [1.807, 2.05) is 6.92 Å². The number of aryl methyl sites for hydroxylation is 1. The van der Waals surface area contributed by atoms with Crippen LogP contribution in [-0.4, -0.2) is 23.1 Å². The molecule has 18 heavy (non-hydrogen) atoms. The van der Waals surface area contributed by atoms with Crippen molar-refractivity contribution in [3.05, 3.63) is 35.9 Å². The molecule has 0 aromatic carbocycles. The Bertz CT molecular complexity index is 515. The summed E-state index contributed by atoms with van der Waals surface area (Å²) in [5, 5.41) is 9.15. The molecule has 0 aliphatic carbocycles. The van der Waals surface area contributed by atoms with Gasteiger partial charge in [0.05, 0.1) is 6.20 Å². The normalized spacial score (nSPS) is 10.1. The van der Waals surface area contributed by atoms with Gasteiger partial charge in [-0.3, -0.25) is 4.79 Å². The molecule has 2 N–H and O–H groups in total. The third-order valence-corrected chi connectivity index (χ3v) is 2.45. The van der Waals surface area contributed by atoms with E-state index in [1.54, 1.807) is 19.2 Å². The number of amides is 1. The molecule has 0 aliphatic rings. The predicted molar refractivity (Wildman–Crippen MR) is 67.6 cm³/mol. The largest absolute Gasteiger partial charge is 0.373 e. The molecular weight excluding hydrogens is 232 g/mol. The van der Waals surface area contributed by atoms with Crippen LogP contribution in [0.4, 0.5) is 11.5 Å². The Morgan fingerprint density at radius 2 is 2.28 bits per heavy atom. The van der Waals surface area contributed by atoms with Crippen molar-refractivity contribution < 1.29 is 9.32 Å². The lowest BCUT2D eigenvalue weighted by molar-refractivity contribution is 0.102. The van der Waals surface area contributed by atoms with Crippen molar-refractivity contribution in [2.75, 3.05) is 17.7 Å². The number of aromatic nitrogens is 2. The first kappa shape index (κ1) is 12.1. The SMILES string of the molecule is CCc1cc(C(=O)Nc2cnoc2)cc(NC)n1. The fourth-order valence-electron chi connectivity index (χ4n) is 1.50. The van der Waals surface area contributed by atoms with Gasteiger partial charge in [-0.25, -0.2) is 4.98 Å². The van der Waals surface area contributed by atoms with Crippen molar-refractivity contribution in [2.24, 2.45) is 0 Å².